The van der Waals surface area contributed by atoms with Gasteiger partial charge in [0.25, 0.3) is 0 Å². The summed E-state index contributed by atoms with van der Waals surface area (Å²) in [5.41, 5.74) is 11.4. The normalized spacial score (nSPS) is 11.5. The zero-order chi connectivity index (χ0) is 33.9. The Morgan fingerprint density at radius 1 is 0.560 bits per heavy atom. The molecule has 7 aromatic carbocycles. The average molecular weight is 771 g/mol. The average Bonchev–Trinajstić information content (AvgIpc) is 3.79. The van der Waals surface area contributed by atoms with Crippen molar-refractivity contribution in [1.82, 2.24) is 0 Å². The van der Waals surface area contributed by atoms with E-state index in [1.807, 2.05) is 30.3 Å². The molecule has 0 bridgehead atoms. The Morgan fingerprint density at radius 3 is 1.56 bits per heavy atom. The first-order chi connectivity index (χ1) is 23.0. The van der Waals surface area contributed by atoms with Crippen molar-refractivity contribution in [2.75, 3.05) is 0 Å². The monoisotopic (exact) mass is 768 g/mol. The molecular formula is C47H44Cl2Zr-2. The zero-order valence-electron chi connectivity index (χ0n) is 29.8. The van der Waals surface area contributed by atoms with E-state index in [9.17, 15) is 0 Å². The maximum absolute atomic E-state index is 3.67. The molecule has 0 saturated carbocycles. The van der Waals surface area contributed by atoms with Crippen LogP contribution in [0.5, 0.6) is 0 Å². The molecule has 0 radical (unpaired) electrons. The van der Waals surface area contributed by atoms with Gasteiger partial charge in [0.05, 0.1) is 0 Å². The van der Waals surface area contributed by atoms with Crippen LogP contribution in [0.2, 0.25) is 0 Å². The first-order valence-electron chi connectivity index (χ1n) is 16.9. The standard InChI is InChI=1S/C21H14.C21H25.C5H5.2ClH.Zr/c1-3-7-20-14-16(9-11-18(20)5-1)13-17-10-12-19-6-2-4-8-21(19)15-17;1-20(2,3)16-7-9-18-14(12-16)11-15-13-17(21(4,5)6)8-10-19(15)18;1-2-4-5-3-1;;;/h1-12,14-15H;7-10,12H,11H2,1-6H3;1-5H;2*1H;/q;2*-1;;;+2/p-2. The molecule has 1 aliphatic rings. The van der Waals surface area contributed by atoms with Gasteiger partial charge in [0.15, 0.2) is 0 Å². The van der Waals surface area contributed by atoms with Crippen molar-refractivity contribution >= 4 is 24.8 Å². The number of halogens is 2. The summed E-state index contributed by atoms with van der Waals surface area (Å²) in [5.74, 6) is 0. The number of benzene rings is 6. The first kappa shape index (κ1) is 39.3. The van der Waals surface area contributed by atoms with Crippen LogP contribution in [0.25, 0.3) is 32.7 Å². The van der Waals surface area contributed by atoms with Crippen LogP contribution < -0.4 is 24.8 Å². The van der Waals surface area contributed by atoms with E-state index in [4.69, 9.17) is 0 Å². The molecule has 8 rings (SSSR count). The molecule has 50 heavy (non-hydrogen) atoms. The van der Waals surface area contributed by atoms with Crippen LogP contribution in [0.3, 0.4) is 0 Å². The number of rotatable bonds is 2. The van der Waals surface area contributed by atoms with Gasteiger partial charge in [-0.25, -0.2) is 12.1 Å². The second kappa shape index (κ2) is 16.7. The molecule has 0 heterocycles. The second-order valence-electron chi connectivity index (χ2n) is 14.8. The van der Waals surface area contributed by atoms with Crippen molar-refractivity contribution in [3.63, 3.8) is 0 Å². The molecule has 7 aromatic rings. The molecule has 0 unspecified atom stereocenters. The maximum Gasteiger partial charge on any atom is -0.172 e. The van der Waals surface area contributed by atoms with E-state index in [-0.39, 0.29) is 35.6 Å². The van der Waals surface area contributed by atoms with Crippen molar-refractivity contribution in [1.29, 1.82) is 0 Å². The molecule has 0 atom stereocenters. The SMILES string of the molecule is CC(C)(C)c1[c-]c2c(cc1)-c1ccc(C(C)(C)C)cc1C2.[Cl-].[Cl-].[Zr+2]=[C](c1ccc2ccccc2c1)c1ccc2ccccc2c1.c1cc[cH-]c1. The zero-order valence-corrected chi connectivity index (χ0v) is 33.8. The van der Waals surface area contributed by atoms with E-state index in [1.54, 1.807) is 0 Å². The maximum atomic E-state index is 3.67. The molecule has 0 aromatic heterocycles. The van der Waals surface area contributed by atoms with Gasteiger partial charge in [-0.1, -0.05) is 65.3 Å². The summed E-state index contributed by atoms with van der Waals surface area (Å²) in [4.78, 5) is 0. The molecule has 0 nitrogen and oxygen atoms in total. The Hall–Kier alpha value is -3.48. The van der Waals surface area contributed by atoms with Crippen molar-refractivity contribution < 1.29 is 49.0 Å². The van der Waals surface area contributed by atoms with Crippen LogP contribution in [0.15, 0.2) is 146 Å². The Kier molecular flexibility index (Phi) is 13.1. The molecule has 0 amide bonds. The Balaban J connectivity index is 0.000000190. The van der Waals surface area contributed by atoms with Crippen LogP contribution in [-0.2, 0) is 41.5 Å². The van der Waals surface area contributed by atoms with Gasteiger partial charge in [0.2, 0.25) is 0 Å². The predicted molar refractivity (Wildman–Crippen MR) is 204 cm³/mol. The molecule has 0 spiro atoms. The van der Waals surface area contributed by atoms with Crippen LogP contribution in [0, 0.1) is 6.07 Å². The molecule has 0 N–H and O–H groups in total. The van der Waals surface area contributed by atoms with Gasteiger partial charge >= 0.3 is 145 Å². The topological polar surface area (TPSA) is 0 Å². The fraction of sp³-hybridized carbons (Fsp3) is 0.191. The van der Waals surface area contributed by atoms with E-state index in [2.05, 4.69) is 163 Å². The number of hydrogen-bond acceptors (Lipinski definition) is 0. The van der Waals surface area contributed by atoms with Crippen LogP contribution in [0.1, 0.15) is 74.9 Å². The predicted octanol–water partition coefficient (Wildman–Crippen LogP) is 6.18. The van der Waals surface area contributed by atoms with E-state index in [0.29, 0.717) is 0 Å². The van der Waals surface area contributed by atoms with Gasteiger partial charge < -0.3 is 24.8 Å². The van der Waals surface area contributed by atoms with Gasteiger partial charge in [0.1, 0.15) is 0 Å². The summed E-state index contributed by atoms with van der Waals surface area (Å²) in [5, 5.41) is 5.21. The summed E-state index contributed by atoms with van der Waals surface area (Å²) in [6.07, 6.45) is 1.03. The van der Waals surface area contributed by atoms with Crippen molar-refractivity contribution in [2.24, 2.45) is 0 Å². The molecule has 3 heteroatoms. The Morgan fingerprint density at radius 2 is 1.08 bits per heavy atom. The third-order valence-corrected chi connectivity index (χ3v) is 10.5. The summed E-state index contributed by atoms with van der Waals surface area (Å²) in [6, 6.07) is 55.8. The van der Waals surface area contributed by atoms with Crippen molar-refractivity contribution in [3.8, 4) is 11.1 Å². The Bertz CT molecular complexity index is 2030. The largest absolute Gasteiger partial charge is 0.214 e. The van der Waals surface area contributed by atoms with Crippen LogP contribution in [-0.4, -0.2) is 3.21 Å². The van der Waals surface area contributed by atoms with E-state index >= 15 is 0 Å². The van der Waals surface area contributed by atoms with E-state index < -0.39 is 0 Å². The molecule has 0 aliphatic heterocycles. The minimum atomic E-state index is 0. The summed E-state index contributed by atoms with van der Waals surface area (Å²) >= 11 is 1.44. The van der Waals surface area contributed by atoms with E-state index in [0.717, 1.165) is 6.42 Å². The molecule has 0 fully saturated rings. The van der Waals surface area contributed by atoms with E-state index in [1.165, 1.54) is 93.5 Å². The Labute approximate surface area is 326 Å². The van der Waals surface area contributed by atoms with Gasteiger partial charge in [-0.2, -0.15) is 42.0 Å². The van der Waals surface area contributed by atoms with Gasteiger partial charge in [-0.3, -0.25) is 0 Å². The molecule has 252 valence electrons. The van der Waals surface area contributed by atoms with Crippen molar-refractivity contribution in [3.05, 3.63) is 185 Å². The number of hydrogen-bond donors (Lipinski definition) is 0. The quantitative estimate of drug-likeness (QED) is 0.185. The molecule has 1 aliphatic carbocycles. The summed E-state index contributed by atoms with van der Waals surface area (Å²) in [6.45, 7) is 13.6. The molecular weight excluding hydrogens is 727 g/mol. The molecule has 0 saturated heterocycles. The van der Waals surface area contributed by atoms with Gasteiger partial charge in [-0.15, -0.1) is 11.1 Å². The van der Waals surface area contributed by atoms with Crippen molar-refractivity contribution in [2.45, 2.75) is 58.8 Å². The van der Waals surface area contributed by atoms with Gasteiger partial charge in [0, 0.05) is 0 Å². The number of fused-ring (bicyclic) bond motifs is 5. The third-order valence-electron chi connectivity index (χ3n) is 9.10. The minimum absolute atomic E-state index is 0. The summed E-state index contributed by atoms with van der Waals surface area (Å²) in [7, 11) is 0. The van der Waals surface area contributed by atoms with Gasteiger partial charge in [-0.05, 0) is 28.4 Å². The smallest absolute Gasteiger partial charge is 0.172 e. The first-order valence-corrected chi connectivity index (χ1v) is 18.1. The van der Waals surface area contributed by atoms with Crippen LogP contribution in [0.4, 0.5) is 0 Å². The fourth-order valence-corrected chi connectivity index (χ4v) is 6.97. The van der Waals surface area contributed by atoms with Crippen LogP contribution >= 0.6 is 0 Å². The second-order valence-corrected chi connectivity index (χ2v) is 16.0. The summed E-state index contributed by atoms with van der Waals surface area (Å²) < 4.78 is 1.41. The minimum Gasteiger partial charge on any atom is -0.214 e. The fourth-order valence-electron chi connectivity index (χ4n) is 6.20. The third kappa shape index (κ3) is 9.24.